The molecule has 1 heterocycles. The van der Waals surface area contributed by atoms with Crippen LogP contribution in [0.2, 0.25) is 0 Å². The Bertz CT molecular complexity index is 1410. The summed E-state index contributed by atoms with van der Waals surface area (Å²) in [6.45, 7) is 4.68. The zero-order valence-corrected chi connectivity index (χ0v) is 21.2. The molecule has 10 heteroatoms. The molecule has 0 unspecified atom stereocenters. The topological polar surface area (TPSA) is 112 Å². The Labute approximate surface area is 205 Å². The number of nitrogens with zero attached hydrogens (tertiary/aromatic N) is 1. The quantitative estimate of drug-likeness (QED) is 0.450. The standard InChI is InChI=1S/C24H23BrN2O6S/c1-4-33-24(30)17-6-5-7-19(13-17)26-21(28)14-27-16(3)12-15(2)22(23(27)29)34(31,32)20-10-8-18(25)9-11-20/h5-13H,4,14H2,1-3H3,(H,26,28). The molecule has 1 amide bonds. The number of carbonyl (C=O) groups is 2. The van der Waals surface area contributed by atoms with Crippen LogP contribution in [0.3, 0.4) is 0 Å². The van der Waals surface area contributed by atoms with E-state index in [-0.39, 0.29) is 22.0 Å². The van der Waals surface area contributed by atoms with Gasteiger partial charge in [-0.05, 0) is 74.9 Å². The van der Waals surface area contributed by atoms with Gasteiger partial charge in [-0.25, -0.2) is 13.2 Å². The molecule has 0 saturated carbocycles. The molecule has 0 bridgehead atoms. The highest BCUT2D eigenvalue weighted by Crippen LogP contribution is 2.23. The number of ether oxygens (including phenoxy) is 1. The Kier molecular flexibility index (Phi) is 7.73. The smallest absolute Gasteiger partial charge is 0.338 e. The van der Waals surface area contributed by atoms with Crippen LogP contribution in [0.25, 0.3) is 0 Å². The van der Waals surface area contributed by atoms with E-state index in [1.165, 1.54) is 18.2 Å². The Morgan fingerprint density at radius 1 is 1.06 bits per heavy atom. The number of hydrogen-bond donors (Lipinski definition) is 1. The summed E-state index contributed by atoms with van der Waals surface area (Å²) in [4.78, 5) is 37.5. The summed E-state index contributed by atoms with van der Waals surface area (Å²) in [6, 6.07) is 13.7. The van der Waals surface area contributed by atoms with Crippen molar-refractivity contribution in [1.29, 1.82) is 0 Å². The predicted molar refractivity (Wildman–Crippen MR) is 131 cm³/mol. The van der Waals surface area contributed by atoms with E-state index in [2.05, 4.69) is 21.2 Å². The molecule has 3 aromatic rings. The average molecular weight is 547 g/mol. The van der Waals surface area contributed by atoms with Crippen LogP contribution in [-0.4, -0.2) is 31.5 Å². The van der Waals surface area contributed by atoms with Crippen LogP contribution in [0.5, 0.6) is 0 Å². The van der Waals surface area contributed by atoms with Crippen LogP contribution in [0.4, 0.5) is 5.69 Å². The van der Waals surface area contributed by atoms with E-state index in [1.807, 2.05) is 0 Å². The lowest BCUT2D eigenvalue weighted by Crippen LogP contribution is -2.33. The van der Waals surface area contributed by atoms with E-state index in [0.717, 1.165) is 4.57 Å². The second kappa shape index (κ2) is 10.4. The molecule has 0 aliphatic heterocycles. The van der Waals surface area contributed by atoms with Crippen LogP contribution in [0, 0.1) is 13.8 Å². The minimum Gasteiger partial charge on any atom is -0.462 e. The third-order valence-corrected chi connectivity index (χ3v) is 7.46. The summed E-state index contributed by atoms with van der Waals surface area (Å²) < 4.78 is 33.2. The molecule has 1 aromatic heterocycles. The maximum atomic E-state index is 13.2. The molecule has 178 valence electrons. The normalized spacial score (nSPS) is 11.2. The molecule has 2 aromatic carbocycles. The monoisotopic (exact) mass is 546 g/mol. The van der Waals surface area contributed by atoms with Gasteiger partial charge in [0, 0.05) is 15.9 Å². The number of amides is 1. The van der Waals surface area contributed by atoms with Crippen molar-refractivity contribution < 1.29 is 22.7 Å². The zero-order valence-electron chi connectivity index (χ0n) is 18.8. The minimum atomic E-state index is -4.11. The first-order valence-corrected chi connectivity index (χ1v) is 12.6. The summed E-state index contributed by atoms with van der Waals surface area (Å²) in [7, 11) is -4.11. The molecule has 0 aliphatic rings. The Morgan fingerprint density at radius 2 is 1.74 bits per heavy atom. The van der Waals surface area contributed by atoms with E-state index >= 15 is 0 Å². The predicted octanol–water partition coefficient (Wildman–Crippen LogP) is 3.88. The van der Waals surface area contributed by atoms with Crippen molar-refractivity contribution >= 4 is 43.3 Å². The lowest BCUT2D eigenvalue weighted by Gasteiger charge is -2.15. The molecule has 1 N–H and O–H groups in total. The number of carbonyl (C=O) groups excluding carboxylic acids is 2. The van der Waals surface area contributed by atoms with Gasteiger partial charge in [0.1, 0.15) is 11.4 Å². The number of pyridine rings is 1. The SMILES string of the molecule is CCOC(=O)c1cccc(NC(=O)Cn2c(C)cc(C)c(S(=O)(=O)c3ccc(Br)cc3)c2=O)c1. The van der Waals surface area contributed by atoms with Gasteiger partial charge in [0.05, 0.1) is 17.1 Å². The first kappa shape index (κ1) is 25.4. The summed E-state index contributed by atoms with van der Waals surface area (Å²) in [5, 5.41) is 2.63. The highest BCUT2D eigenvalue weighted by molar-refractivity contribution is 9.10. The van der Waals surface area contributed by atoms with Crippen molar-refractivity contribution in [3.63, 3.8) is 0 Å². The maximum Gasteiger partial charge on any atom is 0.338 e. The first-order chi connectivity index (χ1) is 16.0. The molecular formula is C24H23BrN2O6S. The van der Waals surface area contributed by atoms with Gasteiger partial charge in [-0.2, -0.15) is 0 Å². The minimum absolute atomic E-state index is 0.0217. The lowest BCUT2D eigenvalue weighted by molar-refractivity contribution is -0.116. The van der Waals surface area contributed by atoms with E-state index in [0.29, 0.717) is 21.4 Å². The van der Waals surface area contributed by atoms with Gasteiger partial charge in [-0.1, -0.05) is 22.0 Å². The van der Waals surface area contributed by atoms with Crippen LogP contribution in [0.1, 0.15) is 28.5 Å². The van der Waals surface area contributed by atoms with Crippen molar-refractivity contribution in [2.24, 2.45) is 0 Å². The molecule has 0 fully saturated rings. The Hall–Kier alpha value is -3.24. The molecule has 0 radical (unpaired) electrons. The summed E-state index contributed by atoms with van der Waals surface area (Å²) in [5.74, 6) is -1.07. The molecule has 0 aliphatic carbocycles. The van der Waals surface area contributed by atoms with Gasteiger partial charge >= 0.3 is 5.97 Å². The fourth-order valence-corrected chi connectivity index (χ4v) is 5.26. The van der Waals surface area contributed by atoms with E-state index in [9.17, 15) is 22.8 Å². The first-order valence-electron chi connectivity index (χ1n) is 10.3. The fourth-order valence-electron chi connectivity index (χ4n) is 3.45. The van der Waals surface area contributed by atoms with E-state index < -0.39 is 33.8 Å². The zero-order chi connectivity index (χ0) is 25.0. The summed E-state index contributed by atoms with van der Waals surface area (Å²) in [5.41, 5.74) is 0.565. The van der Waals surface area contributed by atoms with Gasteiger partial charge in [0.25, 0.3) is 5.56 Å². The van der Waals surface area contributed by atoms with Gasteiger partial charge in [0.15, 0.2) is 0 Å². The van der Waals surface area contributed by atoms with Gasteiger partial charge in [-0.3, -0.25) is 9.59 Å². The second-order valence-electron chi connectivity index (χ2n) is 7.50. The van der Waals surface area contributed by atoms with Crippen molar-refractivity contribution in [3.05, 3.63) is 86.2 Å². The number of anilines is 1. The highest BCUT2D eigenvalue weighted by atomic mass is 79.9. The number of aryl methyl sites for hydroxylation is 2. The van der Waals surface area contributed by atoms with Gasteiger partial charge in [-0.15, -0.1) is 0 Å². The molecule has 0 saturated heterocycles. The third-order valence-electron chi connectivity index (χ3n) is 5.00. The van der Waals surface area contributed by atoms with E-state index in [1.54, 1.807) is 57.2 Å². The fraction of sp³-hybridized carbons (Fsp3) is 0.208. The molecular weight excluding hydrogens is 524 g/mol. The van der Waals surface area contributed by atoms with Crippen molar-refractivity contribution in [1.82, 2.24) is 4.57 Å². The molecule has 0 atom stereocenters. The largest absolute Gasteiger partial charge is 0.462 e. The van der Waals surface area contributed by atoms with Crippen LogP contribution < -0.4 is 10.9 Å². The Balaban J connectivity index is 1.92. The molecule has 0 spiro atoms. The number of rotatable bonds is 7. The number of halogens is 1. The molecule has 34 heavy (non-hydrogen) atoms. The van der Waals surface area contributed by atoms with Crippen molar-refractivity contribution in [2.75, 3.05) is 11.9 Å². The summed E-state index contributed by atoms with van der Waals surface area (Å²) >= 11 is 3.26. The number of sulfone groups is 1. The Morgan fingerprint density at radius 3 is 2.38 bits per heavy atom. The van der Waals surface area contributed by atoms with Crippen LogP contribution >= 0.6 is 15.9 Å². The van der Waals surface area contributed by atoms with Crippen LogP contribution in [0.15, 0.2) is 73.7 Å². The average Bonchev–Trinajstić information content (AvgIpc) is 2.77. The van der Waals surface area contributed by atoms with Gasteiger partial charge in [0.2, 0.25) is 15.7 Å². The third kappa shape index (κ3) is 5.45. The highest BCUT2D eigenvalue weighted by Gasteiger charge is 2.26. The second-order valence-corrected chi connectivity index (χ2v) is 10.3. The maximum absolute atomic E-state index is 13.2. The van der Waals surface area contributed by atoms with Crippen LogP contribution in [-0.2, 0) is 25.9 Å². The molecule has 3 rings (SSSR count). The van der Waals surface area contributed by atoms with Crippen molar-refractivity contribution in [2.45, 2.75) is 37.1 Å². The number of benzene rings is 2. The van der Waals surface area contributed by atoms with Gasteiger partial charge < -0.3 is 14.6 Å². The lowest BCUT2D eigenvalue weighted by atomic mass is 10.2. The number of hydrogen-bond acceptors (Lipinski definition) is 6. The summed E-state index contributed by atoms with van der Waals surface area (Å²) in [6.07, 6.45) is 0. The number of esters is 1. The number of aromatic nitrogens is 1. The van der Waals surface area contributed by atoms with E-state index in [4.69, 9.17) is 4.74 Å². The number of nitrogens with one attached hydrogen (secondary N) is 1. The molecule has 8 nitrogen and oxygen atoms in total. The van der Waals surface area contributed by atoms with Crippen molar-refractivity contribution in [3.8, 4) is 0 Å².